The highest BCUT2D eigenvalue weighted by Gasteiger charge is 2.15. The Morgan fingerprint density at radius 1 is 0.875 bits per heavy atom. The molecule has 0 spiro atoms. The van der Waals surface area contributed by atoms with Crippen LogP contribution in [-0.4, -0.2) is 62.4 Å². The highest BCUT2D eigenvalue weighted by atomic mass is 16.2. The second kappa shape index (κ2) is 11.3. The average molecular weight is 438 g/mol. The summed E-state index contributed by atoms with van der Waals surface area (Å²) in [5, 5.41) is 7.83. The third-order valence-electron chi connectivity index (χ3n) is 5.38. The predicted octanol–water partition coefficient (Wildman–Crippen LogP) is 2.08. The third kappa shape index (κ3) is 7.09. The number of rotatable bonds is 7. The molecule has 0 aromatic heterocycles. The number of carbonyl (C=O) groups excluding carboxylic acids is 3. The van der Waals surface area contributed by atoms with Crippen LogP contribution < -0.4 is 20.9 Å². The summed E-state index contributed by atoms with van der Waals surface area (Å²) in [6, 6.07) is 15.2. The summed E-state index contributed by atoms with van der Waals surface area (Å²) in [6.45, 7) is 6.06. The molecule has 8 nitrogen and oxygen atoms in total. The second-order valence-corrected chi connectivity index (χ2v) is 8.03. The quantitative estimate of drug-likeness (QED) is 0.456. The van der Waals surface area contributed by atoms with Gasteiger partial charge in [0.15, 0.2) is 0 Å². The van der Waals surface area contributed by atoms with Crippen LogP contribution in [0.15, 0.2) is 48.5 Å². The Morgan fingerprint density at radius 3 is 2.19 bits per heavy atom. The Bertz CT molecular complexity index is 937. The van der Waals surface area contributed by atoms with Gasteiger partial charge in [0.1, 0.15) is 0 Å². The predicted molar refractivity (Wildman–Crippen MR) is 127 cm³/mol. The van der Waals surface area contributed by atoms with Gasteiger partial charge in [-0.05, 0) is 55.8 Å². The monoisotopic (exact) mass is 437 g/mol. The molecule has 1 saturated heterocycles. The normalized spacial score (nSPS) is 14.0. The van der Waals surface area contributed by atoms with Crippen LogP contribution in [0.5, 0.6) is 0 Å². The fourth-order valence-electron chi connectivity index (χ4n) is 3.58. The van der Waals surface area contributed by atoms with E-state index >= 15 is 0 Å². The van der Waals surface area contributed by atoms with Crippen LogP contribution in [0.1, 0.15) is 18.9 Å². The Balaban J connectivity index is 1.38. The molecule has 2 aromatic rings. The van der Waals surface area contributed by atoms with Crippen molar-refractivity contribution in [2.75, 3.05) is 55.3 Å². The van der Waals surface area contributed by atoms with Crippen molar-refractivity contribution in [3.05, 3.63) is 54.1 Å². The minimum absolute atomic E-state index is 0.208. The van der Waals surface area contributed by atoms with Gasteiger partial charge in [0.2, 0.25) is 5.91 Å². The van der Waals surface area contributed by atoms with Crippen LogP contribution in [0.25, 0.3) is 0 Å². The van der Waals surface area contributed by atoms with Crippen LogP contribution in [0.4, 0.5) is 17.1 Å². The Morgan fingerprint density at radius 2 is 1.53 bits per heavy atom. The van der Waals surface area contributed by atoms with E-state index in [0.717, 1.165) is 39.0 Å². The van der Waals surface area contributed by atoms with Crippen molar-refractivity contribution in [2.45, 2.75) is 19.8 Å². The number of amides is 3. The lowest BCUT2D eigenvalue weighted by molar-refractivity contribution is -0.136. The molecule has 2 aromatic carbocycles. The summed E-state index contributed by atoms with van der Waals surface area (Å²) < 4.78 is 0. The van der Waals surface area contributed by atoms with Gasteiger partial charge in [-0.2, -0.15) is 0 Å². The van der Waals surface area contributed by atoms with Gasteiger partial charge in [-0.1, -0.05) is 18.2 Å². The van der Waals surface area contributed by atoms with Crippen molar-refractivity contribution in [1.29, 1.82) is 0 Å². The van der Waals surface area contributed by atoms with E-state index in [4.69, 9.17) is 0 Å². The molecule has 0 aliphatic carbocycles. The van der Waals surface area contributed by atoms with E-state index in [1.54, 1.807) is 24.3 Å². The number of carbonyl (C=O) groups is 3. The van der Waals surface area contributed by atoms with Crippen LogP contribution in [0, 0.1) is 0 Å². The van der Waals surface area contributed by atoms with Crippen molar-refractivity contribution in [3.63, 3.8) is 0 Å². The number of nitrogens with one attached hydrogen (secondary N) is 3. The first-order chi connectivity index (χ1) is 15.4. The molecule has 0 atom stereocenters. The van der Waals surface area contributed by atoms with Crippen molar-refractivity contribution in [2.24, 2.45) is 0 Å². The summed E-state index contributed by atoms with van der Waals surface area (Å²) in [7, 11) is 2.15. The number of hydrogen-bond donors (Lipinski definition) is 3. The molecule has 170 valence electrons. The molecule has 8 heteroatoms. The van der Waals surface area contributed by atoms with Crippen molar-refractivity contribution < 1.29 is 14.4 Å². The number of hydrogen-bond acceptors (Lipinski definition) is 5. The lowest BCUT2D eigenvalue weighted by Crippen LogP contribution is -2.44. The van der Waals surface area contributed by atoms with Crippen LogP contribution in [0.2, 0.25) is 0 Å². The molecule has 0 bridgehead atoms. The van der Waals surface area contributed by atoms with Gasteiger partial charge < -0.3 is 25.8 Å². The van der Waals surface area contributed by atoms with Crippen molar-refractivity contribution in [1.82, 2.24) is 10.2 Å². The van der Waals surface area contributed by atoms with Crippen LogP contribution >= 0.6 is 0 Å². The number of piperazine rings is 1. The number of benzene rings is 2. The standard InChI is InChI=1S/C24H31N5O3/c1-18(30)26-20-6-3-7-21(17-20)27-24(32)23(31)25-12-4-5-19-8-10-22(11-9-19)29-15-13-28(2)14-16-29/h3,6-11,17H,4-5,12-16H2,1-2H3,(H,25,31)(H,26,30)(H,27,32). The Kier molecular flexibility index (Phi) is 8.21. The fraction of sp³-hybridized carbons (Fsp3) is 0.375. The van der Waals surface area contributed by atoms with E-state index in [0.29, 0.717) is 17.9 Å². The highest BCUT2D eigenvalue weighted by Crippen LogP contribution is 2.18. The fourth-order valence-corrected chi connectivity index (χ4v) is 3.58. The van der Waals surface area contributed by atoms with Gasteiger partial charge in [0, 0.05) is 56.7 Å². The van der Waals surface area contributed by atoms with E-state index in [2.05, 4.69) is 57.1 Å². The maximum atomic E-state index is 12.1. The summed E-state index contributed by atoms with van der Waals surface area (Å²) in [5.41, 5.74) is 3.44. The molecule has 0 unspecified atom stereocenters. The van der Waals surface area contributed by atoms with E-state index < -0.39 is 11.8 Å². The Hall–Kier alpha value is -3.39. The van der Waals surface area contributed by atoms with Crippen molar-refractivity contribution >= 4 is 34.8 Å². The molecule has 3 amide bonds. The lowest BCUT2D eigenvalue weighted by Gasteiger charge is -2.34. The first-order valence-electron chi connectivity index (χ1n) is 10.9. The molecular formula is C24H31N5O3. The molecule has 32 heavy (non-hydrogen) atoms. The molecule has 1 aliphatic rings. The van der Waals surface area contributed by atoms with Crippen molar-refractivity contribution in [3.8, 4) is 0 Å². The average Bonchev–Trinajstić information content (AvgIpc) is 2.77. The van der Waals surface area contributed by atoms with E-state index in [1.807, 2.05) is 0 Å². The lowest BCUT2D eigenvalue weighted by atomic mass is 10.1. The van der Waals surface area contributed by atoms with Gasteiger partial charge in [-0.3, -0.25) is 14.4 Å². The van der Waals surface area contributed by atoms with E-state index in [-0.39, 0.29) is 5.91 Å². The maximum Gasteiger partial charge on any atom is 0.313 e. The molecule has 3 N–H and O–H groups in total. The molecule has 1 fully saturated rings. The second-order valence-electron chi connectivity index (χ2n) is 8.03. The van der Waals surface area contributed by atoms with Gasteiger partial charge in [-0.25, -0.2) is 0 Å². The van der Waals surface area contributed by atoms with E-state index in [1.165, 1.54) is 18.2 Å². The maximum absolute atomic E-state index is 12.1. The minimum Gasteiger partial charge on any atom is -0.369 e. The first-order valence-corrected chi connectivity index (χ1v) is 10.9. The molecule has 1 heterocycles. The summed E-state index contributed by atoms with van der Waals surface area (Å²) in [5.74, 6) is -1.62. The smallest absolute Gasteiger partial charge is 0.313 e. The molecular weight excluding hydrogens is 406 g/mol. The van der Waals surface area contributed by atoms with Gasteiger partial charge >= 0.3 is 11.8 Å². The Labute approximate surface area is 189 Å². The first kappa shape index (κ1) is 23.3. The van der Waals surface area contributed by atoms with Crippen LogP contribution in [0.3, 0.4) is 0 Å². The molecule has 0 saturated carbocycles. The van der Waals surface area contributed by atoms with Gasteiger partial charge in [0.05, 0.1) is 0 Å². The number of nitrogens with zero attached hydrogens (tertiary/aromatic N) is 2. The third-order valence-corrected chi connectivity index (χ3v) is 5.38. The number of likely N-dealkylation sites (N-methyl/N-ethyl adjacent to an activating group) is 1. The van der Waals surface area contributed by atoms with Gasteiger partial charge in [-0.15, -0.1) is 0 Å². The summed E-state index contributed by atoms with van der Waals surface area (Å²) in [4.78, 5) is 40.0. The topological polar surface area (TPSA) is 93.8 Å². The highest BCUT2D eigenvalue weighted by molar-refractivity contribution is 6.39. The number of aryl methyl sites for hydroxylation is 1. The molecule has 1 aliphatic heterocycles. The summed E-state index contributed by atoms with van der Waals surface area (Å²) >= 11 is 0. The molecule has 0 radical (unpaired) electrons. The van der Waals surface area contributed by atoms with Gasteiger partial charge in [0.25, 0.3) is 0 Å². The minimum atomic E-state index is -0.735. The SMILES string of the molecule is CC(=O)Nc1cccc(NC(=O)C(=O)NCCCc2ccc(N3CCN(C)CC3)cc2)c1. The largest absolute Gasteiger partial charge is 0.369 e. The van der Waals surface area contributed by atoms with E-state index in [9.17, 15) is 14.4 Å². The number of anilines is 3. The van der Waals surface area contributed by atoms with Crippen LogP contribution in [-0.2, 0) is 20.8 Å². The molecule has 3 rings (SSSR count). The zero-order valence-corrected chi connectivity index (χ0v) is 18.7. The zero-order valence-electron chi connectivity index (χ0n) is 18.7. The zero-order chi connectivity index (χ0) is 22.9. The summed E-state index contributed by atoms with van der Waals surface area (Å²) in [6.07, 6.45) is 1.56.